The Morgan fingerprint density at radius 1 is 1.12 bits per heavy atom. The van der Waals surface area contributed by atoms with Crippen molar-refractivity contribution in [1.29, 1.82) is 0 Å². The molecule has 128 valence electrons. The fourth-order valence-corrected chi connectivity index (χ4v) is 2.65. The van der Waals surface area contributed by atoms with Gasteiger partial charge in [0.2, 0.25) is 0 Å². The molecule has 7 nitrogen and oxygen atoms in total. The average molecular weight is 346 g/mol. The van der Waals surface area contributed by atoms with Gasteiger partial charge in [-0.05, 0) is 24.3 Å². The highest BCUT2D eigenvalue weighted by atomic mass is 16.3. The highest BCUT2D eigenvalue weighted by Crippen LogP contribution is 2.13. The Kier molecular flexibility index (Phi) is 4.03. The third-order valence-electron chi connectivity index (χ3n) is 3.89. The zero-order valence-electron chi connectivity index (χ0n) is 13.6. The molecule has 0 spiro atoms. The maximum Gasteiger partial charge on any atom is 0.287 e. The van der Waals surface area contributed by atoms with Crippen molar-refractivity contribution in [2.45, 2.75) is 6.54 Å². The van der Waals surface area contributed by atoms with Gasteiger partial charge >= 0.3 is 0 Å². The largest absolute Gasteiger partial charge is 0.451 e. The molecule has 0 saturated heterocycles. The first-order chi connectivity index (χ1) is 12.7. The van der Waals surface area contributed by atoms with Crippen LogP contribution in [0, 0.1) is 0 Å². The van der Waals surface area contributed by atoms with E-state index in [0.29, 0.717) is 16.8 Å². The predicted molar refractivity (Wildman–Crippen MR) is 95.0 cm³/mol. The average Bonchev–Trinajstić information content (AvgIpc) is 3.21. The first kappa shape index (κ1) is 15.8. The van der Waals surface area contributed by atoms with E-state index in [2.05, 4.69) is 15.4 Å². The fraction of sp³-hybridized carbons (Fsp3) is 0.0526. The maximum absolute atomic E-state index is 12.4. The molecule has 0 aliphatic rings. The summed E-state index contributed by atoms with van der Waals surface area (Å²) in [4.78, 5) is 28.9. The Morgan fingerprint density at radius 3 is 2.85 bits per heavy atom. The van der Waals surface area contributed by atoms with Crippen molar-refractivity contribution >= 4 is 16.9 Å². The van der Waals surface area contributed by atoms with Crippen LogP contribution in [0.3, 0.4) is 0 Å². The summed E-state index contributed by atoms with van der Waals surface area (Å²) in [5.74, 6) is 0.124. The first-order valence-corrected chi connectivity index (χ1v) is 7.97. The van der Waals surface area contributed by atoms with Crippen LogP contribution in [0.15, 0.2) is 76.3 Å². The van der Waals surface area contributed by atoms with E-state index in [9.17, 15) is 9.59 Å². The molecular weight excluding hydrogens is 332 g/mol. The highest BCUT2D eigenvalue weighted by Gasteiger charge is 2.13. The second-order valence-corrected chi connectivity index (χ2v) is 5.59. The number of amides is 1. The number of carbonyl (C=O) groups excluding carboxylic acids is 1. The Morgan fingerprint density at radius 2 is 2.00 bits per heavy atom. The summed E-state index contributed by atoms with van der Waals surface area (Å²) in [6, 6.07) is 13.4. The van der Waals surface area contributed by atoms with E-state index < -0.39 is 5.91 Å². The van der Waals surface area contributed by atoms with Crippen LogP contribution < -0.4 is 10.7 Å². The molecule has 3 aromatic heterocycles. The van der Waals surface area contributed by atoms with E-state index in [0.717, 1.165) is 5.56 Å². The minimum atomic E-state index is -0.469. The van der Waals surface area contributed by atoms with Gasteiger partial charge in [0.05, 0.1) is 5.39 Å². The van der Waals surface area contributed by atoms with E-state index in [1.165, 1.54) is 6.07 Å². The summed E-state index contributed by atoms with van der Waals surface area (Å²) in [7, 11) is 0. The van der Waals surface area contributed by atoms with E-state index in [4.69, 9.17) is 4.42 Å². The Hall–Kier alpha value is -3.74. The van der Waals surface area contributed by atoms with Crippen molar-refractivity contribution in [3.8, 4) is 5.82 Å². The molecule has 0 radical (unpaired) electrons. The number of benzene rings is 1. The highest BCUT2D eigenvalue weighted by molar-refractivity contribution is 5.93. The summed E-state index contributed by atoms with van der Waals surface area (Å²) < 4.78 is 7.17. The summed E-state index contributed by atoms with van der Waals surface area (Å²) in [5, 5.41) is 7.36. The van der Waals surface area contributed by atoms with Crippen LogP contribution >= 0.6 is 0 Å². The molecule has 0 saturated carbocycles. The van der Waals surface area contributed by atoms with Crippen molar-refractivity contribution < 1.29 is 9.21 Å². The molecule has 26 heavy (non-hydrogen) atoms. The normalized spacial score (nSPS) is 10.8. The quantitative estimate of drug-likeness (QED) is 0.612. The maximum atomic E-state index is 12.4. The summed E-state index contributed by atoms with van der Waals surface area (Å²) in [5.41, 5.74) is 0.909. The van der Waals surface area contributed by atoms with E-state index >= 15 is 0 Å². The van der Waals surface area contributed by atoms with Gasteiger partial charge in [0.15, 0.2) is 17.0 Å². The number of carbonyl (C=O) groups is 1. The number of rotatable bonds is 4. The lowest BCUT2D eigenvalue weighted by Gasteiger charge is -2.09. The molecule has 7 heteroatoms. The Bertz CT molecular complexity index is 1130. The molecule has 3 heterocycles. The molecule has 1 amide bonds. The van der Waals surface area contributed by atoms with Gasteiger partial charge in [0.1, 0.15) is 5.58 Å². The number of fused-ring (bicyclic) bond motifs is 1. The van der Waals surface area contributed by atoms with Crippen molar-refractivity contribution in [3.63, 3.8) is 0 Å². The van der Waals surface area contributed by atoms with Crippen LogP contribution in [0.5, 0.6) is 0 Å². The van der Waals surface area contributed by atoms with Crippen LogP contribution in [0.4, 0.5) is 0 Å². The number of para-hydroxylation sites is 1. The molecule has 0 aliphatic heterocycles. The lowest BCUT2D eigenvalue weighted by atomic mass is 10.2. The topological polar surface area (TPSA) is 90.0 Å². The molecule has 4 aromatic rings. The van der Waals surface area contributed by atoms with Crippen molar-refractivity contribution in [2.75, 3.05) is 0 Å². The summed E-state index contributed by atoms with van der Waals surface area (Å²) in [6.45, 7) is 0.221. The molecule has 1 aromatic carbocycles. The third-order valence-corrected chi connectivity index (χ3v) is 3.89. The fourth-order valence-electron chi connectivity index (χ4n) is 2.65. The van der Waals surface area contributed by atoms with Gasteiger partial charge in [0, 0.05) is 36.8 Å². The van der Waals surface area contributed by atoms with Gasteiger partial charge in [-0.15, -0.1) is 0 Å². The SMILES string of the molecule is O=C(NCc1cccnc1-n1cccn1)c1cc(=O)c2ccccc2o1. The Labute approximate surface area is 147 Å². The zero-order valence-corrected chi connectivity index (χ0v) is 13.6. The van der Waals surface area contributed by atoms with Gasteiger partial charge in [-0.3, -0.25) is 9.59 Å². The standard InChI is InChI=1S/C19H14N4O3/c24-15-11-17(26-16-7-2-1-6-14(15)16)19(25)21-12-13-5-3-8-20-18(13)23-10-4-9-22-23/h1-11H,12H2,(H,21,25). The number of hydrogen-bond donors (Lipinski definition) is 1. The smallest absolute Gasteiger partial charge is 0.287 e. The Balaban J connectivity index is 1.58. The van der Waals surface area contributed by atoms with Crippen molar-refractivity contribution in [2.24, 2.45) is 0 Å². The zero-order chi connectivity index (χ0) is 17.9. The number of aromatic nitrogens is 3. The van der Waals surface area contributed by atoms with E-state index in [1.807, 2.05) is 6.07 Å². The van der Waals surface area contributed by atoms with Gasteiger partial charge in [-0.25, -0.2) is 9.67 Å². The number of pyridine rings is 1. The van der Waals surface area contributed by atoms with Gasteiger partial charge in [-0.1, -0.05) is 18.2 Å². The van der Waals surface area contributed by atoms with Gasteiger partial charge in [-0.2, -0.15) is 5.10 Å². The van der Waals surface area contributed by atoms with Gasteiger partial charge in [0.25, 0.3) is 5.91 Å². The first-order valence-electron chi connectivity index (χ1n) is 7.97. The van der Waals surface area contributed by atoms with Crippen LogP contribution in [0.25, 0.3) is 16.8 Å². The molecule has 4 rings (SSSR count). The monoisotopic (exact) mass is 346 g/mol. The lowest BCUT2D eigenvalue weighted by molar-refractivity contribution is 0.0923. The second-order valence-electron chi connectivity index (χ2n) is 5.59. The van der Waals surface area contributed by atoms with Crippen LogP contribution in [0.2, 0.25) is 0 Å². The molecule has 0 unspecified atom stereocenters. The molecule has 1 N–H and O–H groups in total. The van der Waals surface area contributed by atoms with Crippen molar-refractivity contribution in [1.82, 2.24) is 20.1 Å². The summed E-state index contributed by atoms with van der Waals surface area (Å²) >= 11 is 0. The van der Waals surface area contributed by atoms with E-state index in [1.54, 1.807) is 59.7 Å². The van der Waals surface area contributed by atoms with Crippen molar-refractivity contribution in [3.05, 3.63) is 88.7 Å². The third kappa shape index (κ3) is 2.98. The minimum absolute atomic E-state index is 0.0294. The van der Waals surface area contributed by atoms with Gasteiger partial charge < -0.3 is 9.73 Å². The number of hydrogen-bond acceptors (Lipinski definition) is 5. The number of nitrogens with one attached hydrogen (secondary N) is 1. The van der Waals surface area contributed by atoms with Crippen LogP contribution in [-0.2, 0) is 6.54 Å². The van der Waals surface area contributed by atoms with Crippen LogP contribution in [0.1, 0.15) is 16.1 Å². The molecular formula is C19H14N4O3. The molecule has 0 fully saturated rings. The van der Waals surface area contributed by atoms with Crippen LogP contribution in [-0.4, -0.2) is 20.7 Å². The second kappa shape index (κ2) is 6.64. The molecule has 0 atom stereocenters. The molecule has 0 bridgehead atoms. The minimum Gasteiger partial charge on any atom is -0.451 e. The summed E-state index contributed by atoms with van der Waals surface area (Å²) in [6.07, 6.45) is 5.08. The van der Waals surface area contributed by atoms with E-state index in [-0.39, 0.29) is 17.7 Å². The molecule has 0 aliphatic carbocycles. The lowest BCUT2D eigenvalue weighted by Crippen LogP contribution is -2.25. The predicted octanol–water partition coefficient (Wildman–Crippen LogP) is 2.30. The number of nitrogens with zero attached hydrogens (tertiary/aromatic N) is 3.